The number of hydrogen-bond acceptors (Lipinski definition) is 4. The summed E-state index contributed by atoms with van der Waals surface area (Å²) in [4.78, 5) is 5.65. The van der Waals surface area contributed by atoms with Crippen molar-refractivity contribution in [3.8, 4) is 0 Å². The second kappa shape index (κ2) is 5.96. The van der Waals surface area contributed by atoms with Crippen LogP contribution in [0.3, 0.4) is 0 Å². The summed E-state index contributed by atoms with van der Waals surface area (Å²) >= 11 is 7.31. The smallest absolute Gasteiger partial charge is 0.142 e. The molecule has 3 N–H and O–H groups in total. The third-order valence-corrected chi connectivity index (χ3v) is 4.40. The van der Waals surface area contributed by atoms with Crippen LogP contribution in [0.2, 0.25) is 5.02 Å². The third-order valence-electron chi connectivity index (χ3n) is 3.00. The van der Waals surface area contributed by atoms with Crippen LogP contribution in [0.25, 0.3) is 0 Å². The van der Waals surface area contributed by atoms with Gasteiger partial charge in [0.25, 0.3) is 0 Å². The van der Waals surface area contributed by atoms with E-state index in [1.54, 1.807) is 17.4 Å². The van der Waals surface area contributed by atoms with E-state index in [0.29, 0.717) is 6.42 Å². The molecular weight excluding hydrogens is 285 g/mol. The lowest BCUT2D eigenvalue weighted by Crippen LogP contribution is -2.29. The third kappa shape index (κ3) is 3.30. The van der Waals surface area contributed by atoms with Crippen LogP contribution in [0, 0.1) is 19.7 Å². The highest BCUT2D eigenvalue weighted by Gasteiger charge is 2.15. The molecule has 0 fully saturated rings. The predicted molar refractivity (Wildman–Crippen MR) is 76.8 cm³/mol. The molecule has 0 aliphatic rings. The van der Waals surface area contributed by atoms with Crippen LogP contribution in [0.1, 0.15) is 27.2 Å². The molecule has 1 aromatic heterocycles. The molecule has 0 spiro atoms. The minimum atomic E-state index is -0.439. The van der Waals surface area contributed by atoms with Gasteiger partial charge in [-0.15, -0.1) is 11.3 Å². The number of thiazole rings is 1. The van der Waals surface area contributed by atoms with Gasteiger partial charge in [-0.2, -0.15) is 0 Å². The Morgan fingerprint density at radius 3 is 2.74 bits per heavy atom. The zero-order chi connectivity index (χ0) is 14.0. The van der Waals surface area contributed by atoms with Crippen molar-refractivity contribution >= 4 is 22.9 Å². The maximum atomic E-state index is 13.5. The Morgan fingerprint density at radius 2 is 2.21 bits per heavy atom. The Bertz CT molecular complexity index is 566. The standard InChI is InChI=1S/C13H15ClFN3S/c1-7-8(2)19-13(17-7)6-12(18-16)9-3-4-10(14)11(15)5-9/h3-5,12,18H,6,16H2,1-2H3. The summed E-state index contributed by atoms with van der Waals surface area (Å²) in [6.07, 6.45) is 0.622. The zero-order valence-electron chi connectivity index (χ0n) is 10.7. The van der Waals surface area contributed by atoms with E-state index in [1.807, 2.05) is 13.8 Å². The van der Waals surface area contributed by atoms with Gasteiger partial charge in [0, 0.05) is 11.3 Å². The number of halogens is 2. The Morgan fingerprint density at radius 1 is 1.47 bits per heavy atom. The van der Waals surface area contributed by atoms with Gasteiger partial charge >= 0.3 is 0 Å². The Labute approximate surface area is 120 Å². The minimum Gasteiger partial charge on any atom is -0.271 e. The van der Waals surface area contributed by atoms with E-state index < -0.39 is 5.82 Å². The van der Waals surface area contributed by atoms with Crippen molar-refractivity contribution in [2.75, 3.05) is 0 Å². The average Bonchev–Trinajstić information content (AvgIpc) is 2.69. The molecule has 2 aromatic rings. The molecular formula is C13H15ClFN3S. The van der Waals surface area contributed by atoms with Crippen LogP contribution in [0.4, 0.5) is 4.39 Å². The quantitative estimate of drug-likeness (QED) is 0.673. The predicted octanol–water partition coefficient (Wildman–Crippen LogP) is 3.30. The molecule has 0 bridgehead atoms. The van der Waals surface area contributed by atoms with Crippen LogP contribution in [-0.4, -0.2) is 4.98 Å². The summed E-state index contributed by atoms with van der Waals surface area (Å²) in [6, 6.07) is 4.52. The maximum Gasteiger partial charge on any atom is 0.142 e. The van der Waals surface area contributed by atoms with Crippen LogP contribution in [-0.2, 0) is 6.42 Å². The normalized spacial score (nSPS) is 12.7. The van der Waals surface area contributed by atoms with Crippen molar-refractivity contribution in [2.45, 2.75) is 26.3 Å². The highest BCUT2D eigenvalue weighted by atomic mass is 35.5. The van der Waals surface area contributed by atoms with Crippen molar-refractivity contribution in [1.82, 2.24) is 10.4 Å². The number of nitrogens with zero attached hydrogens (tertiary/aromatic N) is 1. The van der Waals surface area contributed by atoms with Crippen LogP contribution in [0.15, 0.2) is 18.2 Å². The second-order valence-electron chi connectivity index (χ2n) is 4.35. The highest BCUT2D eigenvalue weighted by Crippen LogP contribution is 2.25. The van der Waals surface area contributed by atoms with Gasteiger partial charge in [0.05, 0.1) is 21.8 Å². The molecule has 0 aliphatic carbocycles. The fraction of sp³-hybridized carbons (Fsp3) is 0.308. The first kappa shape index (κ1) is 14.4. The molecule has 0 aliphatic heterocycles. The van der Waals surface area contributed by atoms with E-state index >= 15 is 0 Å². The van der Waals surface area contributed by atoms with Crippen molar-refractivity contribution in [3.05, 3.63) is 50.2 Å². The first-order chi connectivity index (χ1) is 9.01. The molecule has 1 unspecified atom stereocenters. The Balaban J connectivity index is 2.22. The van der Waals surface area contributed by atoms with Gasteiger partial charge in [-0.05, 0) is 31.5 Å². The molecule has 3 nitrogen and oxygen atoms in total. The second-order valence-corrected chi connectivity index (χ2v) is 6.04. The first-order valence-electron chi connectivity index (χ1n) is 5.85. The number of hydrogen-bond donors (Lipinski definition) is 2. The molecule has 102 valence electrons. The van der Waals surface area contributed by atoms with Gasteiger partial charge < -0.3 is 0 Å². The minimum absolute atomic E-state index is 0.112. The summed E-state index contributed by atoms with van der Waals surface area (Å²) in [7, 11) is 0. The molecule has 1 atom stereocenters. The van der Waals surface area contributed by atoms with Gasteiger partial charge in [-0.1, -0.05) is 17.7 Å². The molecule has 0 saturated heterocycles. The van der Waals surface area contributed by atoms with Gasteiger partial charge in [0.2, 0.25) is 0 Å². The van der Waals surface area contributed by atoms with Crippen molar-refractivity contribution in [1.29, 1.82) is 0 Å². The molecule has 1 aromatic carbocycles. The summed E-state index contributed by atoms with van der Waals surface area (Å²) in [5.41, 5.74) is 4.48. The van der Waals surface area contributed by atoms with Crippen molar-refractivity contribution in [2.24, 2.45) is 5.84 Å². The van der Waals surface area contributed by atoms with Gasteiger partial charge in [0.15, 0.2) is 0 Å². The molecule has 6 heteroatoms. The van der Waals surface area contributed by atoms with Crippen LogP contribution in [0.5, 0.6) is 0 Å². The van der Waals surface area contributed by atoms with Crippen LogP contribution < -0.4 is 11.3 Å². The number of aromatic nitrogens is 1. The average molecular weight is 300 g/mol. The van der Waals surface area contributed by atoms with Crippen LogP contribution >= 0.6 is 22.9 Å². The Kier molecular flexibility index (Phi) is 4.52. The van der Waals surface area contributed by atoms with E-state index in [1.165, 1.54) is 17.0 Å². The highest BCUT2D eigenvalue weighted by molar-refractivity contribution is 7.11. The van der Waals surface area contributed by atoms with E-state index in [0.717, 1.165) is 16.3 Å². The summed E-state index contributed by atoms with van der Waals surface area (Å²) in [6.45, 7) is 4.01. The Hall–Kier alpha value is -1.01. The molecule has 1 heterocycles. The number of nitrogens with one attached hydrogen (secondary N) is 1. The number of benzene rings is 1. The van der Waals surface area contributed by atoms with Crippen molar-refractivity contribution < 1.29 is 4.39 Å². The molecule has 0 radical (unpaired) electrons. The lowest BCUT2D eigenvalue weighted by molar-refractivity contribution is 0.543. The lowest BCUT2D eigenvalue weighted by Gasteiger charge is -2.15. The maximum absolute atomic E-state index is 13.5. The summed E-state index contributed by atoms with van der Waals surface area (Å²) in [5, 5.41) is 1.09. The van der Waals surface area contributed by atoms with Crippen molar-refractivity contribution in [3.63, 3.8) is 0 Å². The molecule has 0 saturated carbocycles. The molecule has 2 rings (SSSR count). The van der Waals surface area contributed by atoms with Gasteiger partial charge in [0.1, 0.15) is 5.82 Å². The van der Waals surface area contributed by atoms with E-state index in [9.17, 15) is 4.39 Å². The first-order valence-corrected chi connectivity index (χ1v) is 7.04. The zero-order valence-corrected chi connectivity index (χ0v) is 12.3. The lowest BCUT2D eigenvalue weighted by atomic mass is 10.0. The summed E-state index contributed by atoms with van der Waals surface area (Å²) in [5.74, 6) is 5.12. The van der Waals surface area contributed by atoms with E-state index in [2.05, 4.69) is 10.4 Å². The number of nitrogens with two attached hydrogens (primary N) is 1. The number of hydrazine groups is 1. The van der Waals surface area contributed by atoms with Gasteiger partial charge in [-0.3, -0.25) is 11.3 Å². The van der Waals surface area contributed by atoms with E-state index in [-0.39, 0.29) is 11.1 Å². The molecule has 19 heavy (non-hydrogen) atoms. The van der Waals surface area contributed by atoms with E-state index in [4.69, 9.17) is 17.4 Å². The fourth-order valence-corrected chi connectivity index (χ4v) is 2.90. The number of aryl methyl sites for hydroxylation is 2. The monoisotopic (exact) mass is 299 g/mol. The largest absolute Gasteiger partial charge is 0.271 e. The SMILES string of the molecule is Cc1nc(CC(NN)c2ccc(Cl)c(F)c2)sc1C. The van der Waals surface area contributed by atoms with Gasteiger partial charge in [-0.25, -0.2) is 9.37 Å². The topological polar surface area (TPSA) is 50.9 Å². The fourth-order valence-electron chi connectivity index (χ4n) is 1.80. The summed E-state index contributed by atoms with van der Waals surface area (Å²) < 4.78 is 13.5. The number of rotatable bonds is 4. The molecule has 0 amide bonds.